The Kier molecular flexibility index (Phi) is 4.74. The van der Waals surface area contributed by atoms with Crippen LogP contribution < -0.4 is 15.4 Å². The van der Waals surface area contributed by atoms with E-state index in [1.807, 2.05) is 38.1 Å². The molecule has 0 aliphatic carbocycles. The third kappa shape index (κ3) is 3.88. The summed E-state index contributed by atoms with van der Waals surface area (Å²) in [6.07, 6.45) is 1.77. The van der Waals surface area contributed by atoms with Gasteiger partial charge in [-0.15, -0.1) is 0 Å². The summed E-state index contributed by atoms with van der Waals surface area (Å²) in [5, 5.41) is 5.90. The summed E-state index contributed by atoms with van der Waals surface area (Å²) in [4.78, 5) is 12.2. The highest BCUT2D eigenvalue weighted by atomic mass is 16.5. The van der Waals surface area contributed by atoms with Crippen LogP contribution in [-0.2, 0) is 12.8 Å². The fraction of sp³-hybridized carbons (Fsp3) is 0.350. The summed E-state index contributed by atoms with van der Waals surface area (Å²) >= 11 is 0. The van der Waals surface area contributed by atoms with Gasteiger partial charge >= 0.3 is 6.03 Å². The van der Waals surface area contributed by atoms with Crippen LogP contribution in [0.15, 0.2) is 36.4 Å². The van der Waals surface area contributed by atoms with E-state index in [-0.39, 0.29) is 12.1 Å². The van der Waals surface area contributed by atoms with Gasteiger partial charge in [-0.1, -0.05) is 18.2 Å². The van der Waals surface area contributed by atoms with Crippen molar-refractivity contribution < 1.29 is 9.53 Å². The zero-order valence-corrected chi connectivity index (χ0v) is 14.5. The molecule has 24 heavy (non-hydrogen) atoms. The number of carbonyl (C=O) groups excluding carboxylic acids is 1. The van der Waals surface area contributed by atoms with Crippen LogP contribution in [-0.4, -0.2) is 18.7 Å². The van der Waals surface area contributed by atoms with E-state index in [2.05, 4.69) is 29.7 Å². The van der Waals surface area contributed by atoms with Gasteiger partial charge in [0.15, 0.2) is 0 Å². The van der Waals surface area contributed by atoms with Gasteiger partial charge in [0.1, 0.15) is 5.75 Å². The fourth-order valence-electron chi connectivity index (χ4n) is 2.98. The van der Waals surface area contributed by atoms with E-state index in [9.17, 15) is 4.79 Å². The molecule has 2 N–H and O–H groups in total. The lowest BCUT2D eigenvalue weighted by molar-refractivity contribution is 0.249. The van der Waals surface area contributed by atoms with Crippen molar-refractivity contribution in [1.29, 1.82) is 0 Å². The minimum atomic E-state index is -0.171. The summed E-state index contributed by atoms with van der Waals surface area (Å²) in [5.74, 6) is 0.992. The van der Waals surface area contributed by atoms with E-state index >= 15 is 0 Å². The van der Waals surface area contributed by atoms with Gasteiger partial charge < -0.3 is 15.4 Å². The maximum Gasteiger partial charge on any atom is 0.319 e. The maximum atomic E-state index is 12.2. The van der Waals surface area contributed by atoms with Crippen LogP contribution in [0.1, 0.15) is 29.2 Å². The van der Waals surface area contributed by atoms with Gasteiger partial charge in [-0.25, -0.2) is 4.79 Å². The molecule has 1 heterocycles. The summed E-state index contributed by atoms with van der Waals surface area (Å²) in [5.41, 5.74) is 5.69. The van der Waals surface area contributed by atoms with Crippen molar-refractivity contribution in [2.45, 2.75) is 39.7 Å². The molecule has 2 aromatic rings. The predicted molar refractivity (Wildman–Crippen MR) is 96.9 cm³/mol. The number of aryl methyl sites for hydroxylation is 2. The van der Waals surface area contributed by atoms with Crippen LogP contribution in [0.5, 0.6) is 5.75 Å². The number of anilines is 1. The lowest BCUT2D eigenvalue weighted by Crippen LogP contribution is -2.37. The predicted octanol–water partition coefficient (Wildman–Crippen LogP) is 3.99. The largest absolute Gasteiger partial charge is 0.493 e. The van der Waals surface area contributed by atoms with Gasteiger partial charge in [-0.3, -0.25) is 0 Å². The first-order valence-corrected chi connectivity index (χ1v) is 8.40. The molecule has 0 fully saturated rings. The van der Waals surface area contributed by atoms with Crippen molar-refractivity contribution in [2.75, 3.05) is 11.9 Å². The Morgan fingerprint density at radius 3 is 2.79 bits per heavy atom. The lowest BCUT2D eigenvalue weighted by atomic mass is 10.0. The van der Waals surface area contributed by atoms with Crippen LogP contribution in [0.25, 0.3) is 0 Å². The van der Waals surface area contributed by atoms with E-state index in [0.717, 1.165) is 30.9 Å². The fourth-order valence-corrected chi connectivity index (χ4v) is 2.98. The first-order valence-electron chi connectivity index (χ1n) is 8.40. The van der Waals surface area contributed by atoms with Crippen molar-refractivity contribution in [1.82, 2.24) is 5.32 Å². The van der Waals surface area contributed by atoms with Crippen molar-refractivity contribution in [3.05, 3.63) is 58.7 Å². The number of hydrogen-bond donors (Lipinski definition) is 2. The Hall–Kier alpha value is -2.49. The van der Waals surface area contributed by atoms with Gasteiger partial charge in [0.2, 0.25) is 0 Å². The second-order valence-electron chi connectivity index (χ2n) is 6.54. The third-order valence-corrected chi connectivity index (χ3v) is 4.44. The van der Waals surface area contributed by atoms with Gasteiger partial charge in [0.05, 0.1) is 6.61 Å². The molecule has 1 aliphatic rings. The molecule has 3 rings (SSSR count). The molecule has 0 aromatic heterocycles. The number of hydrogen-bond acceptors (Lipinski definition) is 2. The topological polar surface area (TPSA) is 50.4 Å². The number of ether oxygens (including phenoxy) is 1. The lowest BCUT2D eigenvalue weighted by Gasteiger charge is -2.16. The summed E-state index contributed by atoms with van der Waals surface area (Å²) in [7, 11) is 0. The summed E-state index contributed by atoms with van der Waals surface area (Å²) in [6, 6.07) is 12.1. The molecule has 0 unspecified atom stereocenters. The molecule has 0 saturated heterocycles. The number of nitrogens with one attached hydrogen (secondary N) is 2. The molecular formula is C20H24N2O2. The molecule has 0 saturated carbocycles. The number of carbonyl (C=O) groups is 1. The summed E-state index contributed by atoms with van der Waals surface area (Å²) < 4.78 is 5.53. The average Bonchev–Trinajstić information content (AvgIpc) is 2.98. The highest BCUT2D eigenvalue weighted by Gasteiger charge is 2.14. The van der Waals surface area contributed by atoms with Gasteiger partial charge in [0.25, 0.3) is 0 Å². The quantitative estimate of drug-likeness (QED) is 0.893. The zero-order valence-electron chi connectivity index (χ0n) is 14.5. The van der Waals surface area contributed by atoms with Crippen molar-refractivity contribution in [3.8, 4) is 5.75 Å². The number of amides is 2. The van der Waals surface area contributed by atoms with Crippen molar-refractivity contribution >= 4 is 11.7 Å². The molecule has 126 valence electrons. The molecule has 2 aromatic carbocycles. The van der Waals surface area contributed by atoms with E-state index in [4.69, 9.17) is 4.74 Å². The normalized spacial score (nSPS) is 13.8. The standard InChI is InChI=1S/C20H24N2O2/c1-13-4-6-18(10-14(13)2)22-20(23)21-15(3)11-16-5-7-19-17(12-16)8-9-24-19/h4-7,10,12,15H,8-9,11H2,1-3H3,(H2,21,22,23)/t15-/m0/s1. The Morgan fingerprint density at radius 2 is 2.00 bits per heavy atom. The number of rotatable bonds is 4. The van der Waals surface area contributed by atoms with Gasteiger partial charge in [0, 0.05) is 18.2 Å². The third-order valence-electron chi connectivity index (χ3n) is 4.44. The van der Waals surface area contributed by atoms with E-state index in [1.54, 1.807) is 0 Å². The molecule has 4 heteroatoms. The number of benzene rings is 2. The molecule has 4 nitrogen and oxygen atoms in total. The van der Waals surface area contributed by atoms with Crippen LogP contribution >= 0.6 is 0 Å². The molecule has 1 aliphatic heterocycles. The number of urea groups is 1. The minimum absolute atomic E-state index is 0.0527. The van der Waals surface area contributed by atoms with Gasteiger partial charge in [-0.05, 0) is 67.6 Å². The highest BCUT2D eigenvalue weighted by molar-refractivity contribution is 5.89. The molecule has 0 spiro atoms. The Morgan fingerprint density at radius 1 is 1.17 bits per heavy atom. The second kappa shape index (κ2) is 6.95. The molecular weight excluding hydrogens is 300 g/mol. The molecule has 2 amide bonds. The first kappa shape index (κ1) is 16.4. The Bertz CT molecular complexity index is 755. The van der Waals surface area contributed by atoms with Crippen LogP contribution in [0.4, 0.5) is 10.5 Å². The smallest absolute Gasteiger partial charge is 0.319 e. The Labute approximate surface area is 143 Å². The van der Waals surface area contributed by atoms with E-state index in [0.29, 0.717) is 0 Å². The molecule has 1 atom stereocenters. The second-order valence-corrected chi connectivity index (χ2v) is 6.54. The summed E-state index contributed by atoms with van der Waals surface area (Å²) in [6.45, 7) is 6.89. The number of fused-ring (bicyclic) bond motifs is 1. The zero-order chi connectivity index (χ0) is 17.1. The van der Waals surface area contributed by atoms with E-state index in [1.165, 1.54) is 22.3 Å². The maximum absolute atomic E-state index is 12.2. The van der Waals surface area contributed by atoms with Gasteiger partial charge in [-0.2, -0.15) is 0 Å². The first-order chi connectivity index (χ1) is 11.5. The highest BCUT2D eigenvalue weighted by Crippen LogP contribution is 2.26. The van der Waals surface area contributed by atoms with E-state index < -0.39 is 0 Å². The minimum Gasteiger partial charge on any atom is -0.493 e. The SMILES string of the molecule is Cc1ccc(NC(=O)N[C@@H](C)Cc2ccc3c(c2)CCO3)cc1C. The average molecular weight is 324 g/mol. The van der Waals surface area contributed by atoms with Crippen LogP contribution in [0, 0.1) is 13.8 Å². The Balaban J connectivity index is 1.55. The van der Waals surface area contributed by atoms with Crippen molar-refractivity contribution in [2.24, 2.45) is 0 Å². The molecule has 0 radical (unpaired) electrons. The van der Waals surface area contributed by atoms with Crippen LogP contribution in [0.3, 0.4) is 0 Å². The molecule has 0 bridgehead atoms. The van der Waals surface area contributed by atoms with Crippen LogP contribution in [0.2, 0.25) is 0 Å². The van der Waals surface area contributed by atoms with Crippen molar-refractivity contribution in [3.63, 3.8) is 0 Å². The monoisotopic (exact) mass is 324 g/mol.